The van der Waals surface area contributed by atoms with E-state index in [4.69, 9.17) is 0 Å². The molecule has 0 aliphatic rings. The summed E-state index contributed by atoms with van der Waals surface area (Å²) < 4.78 is 15.1. The highest BCUT2D eigenvalue weighted by Crippen LogP contribution is 2.26. The Balaban J connectivity index is 2.16. The number of nitrogens with zero attached hydrogens (tertiary/aromatic N) is 2. The summed E-state index contributed by atoms with van der Waals surface area (Å²) in [6.07, 6.45) is 1.49. The SMILES string of the molecule is CCN(C(=O)c1cn(C(C)=O)c2ccc(F)cc12)c1ccccc1. The summed E-state index contributed by atoms with van der Waals surface area (Å²) in [7, 11) is 0. The van der Waals surface area contributed by atoms with Crippen molar-refractivity contribution in [2.75, 3.05) is 11.4 Å². The van der Waals surface area contributed by atoms with Gasteiger partial charge in [-0.15, -0.1) is 0 Å². The van der Waals surface area contributed by atoms with Gasteiger partial charge in [0.25, 0.3) is 5.91 Å². The zero-order valence-electron chi connectivity index (χ0n) is 13.5. The molecule has 0 N–H and O–H groups in total. The van der Waals surface area contributed by atoms with E-state index in [0.29, 0.717) is 23.0 Å². The maximum absolute atomic E-state index is 13.7. The van der Waals surface area contributed by atoms with Crippen molar-refractivity contribution in [3.05, 3.63) is 66.1 Å². The molecule has 0 saturated heterocycles. The average Bonchev–Trinajstić information content (AvgIpc) is 2.95. The molecule has 4 nitrogen and oxygen atoms in total. The van der Waals surface area contributed by atoms with Gasteiger partial charge in [0.1, 0.15) is 5.82 Å². The molecule has 1 heterocycles. The zero-order valence-corrected chi connectivity index (χ0v) is 13.5. The standard InChI is InChI=1S/C19H17FN2O2/c1-3-21(15-7-5-4-6-8-15)19(24)17-12-22(13(2)23)18-10-9-14(20)11-16(17)18/h4-12H,3H2,1-2H3. The van der Waals surface area contributed by atoms with Gasteiger partial charge in [0.15, 0.2) is 0 Å². The van der Waals surface area contributed by atoms with Crippen LogP contribution in [0.5, 0.6) is 0 Å². The molecule has 0 bridgehead atoms. The second-order valence-corrected chi connectivity index (χ2v) is 5.48. The molecule has 3 aromatic rings. The Morgan fingerprint density at radius 3 is 2.46 bits per heavy atom. The zero-order chi connectivity index (χ0) is 17.3. The Bertz CT molecular complexity index is 916. The van der Waals surface area contributed by atoms with Crippen molar-refractivity contribution in [3.63, 3.8) is 0 Å². The Hall–Kier alpha value is -2.95. The van der Waals surface area contributed by atoms with E-state index < -0.39 is 5.82 Å². The van der Waals surface area contributed by atoms with Crippen LogP contribution >= 0.6 is 0 Å². The molecule has 122 valence electrons. The van der Waals surface area contributed by atoms with Crippen LogP contribution in [-0.4, -0.2) is 22.9 Å². The van der Waals surface area contributed by atoms with Crippen molar-refractivity contribution in [2.45, 2.75) is 13.8 Å². The predicted octanol–water partition coefficient (Wildman–Crippen LogP) is 4.11. The number of fused-ring (bicyclic) bond motifs is 1. The lowest BCUT2D eigenvalue weighted by Crippen LogP contribution is -2.30. The molecule has 0 radical (unpaired) electrons. The van der Waals surface area contributed by atoms with Crippen LogP contribution in [0.4, 0.5) is 10.1 Å². The van der Waals surface area contributed by atoms with Crippen molar-refractivity contribution < 1.29 is 14.0 Å². The number of halogens is 1. The van der Waals surface area contributed by atoms with E-state index in [2.05, 4.69) is 0 Å². The molecule has 3 rings (SSSR count). The highest BCUT2D eigenvalue weighted by Gasteiger charge is 2.22. The highest BCUT2D eigenvalue weighted by atomic mass is 19.1. The normalized spacial score (nSPS) is 10.8. The van der Waals surface area contributed by atoms with Crippen molar-refractivity contribution >= 4 is 28.4 Å². The van der Waals surface area contributed by atoms with E-state index >= 15 is 0 Å². The van der Waals surface area contributed by atoms with Crippen LogP contribution in [0.1, 0.15) is 29.0 Å². The van der Waals surface area contributed by atoms with Gasteiger partial charge in [-0.25, -0.2) is 4.39 Å². The van der Waals surface area contributed by atoms with Crippen LogP contribution in [0.15, 0.2) is 54.7 Å². The number of para-hydroxylation sites is 1. The molecule has 0 aliphatic heterocycles. The second kappa shape index (κ2) is 6.28. The van der Waals surface area contributed by atoms with Gasteiger partial charge >= 0.3 is 0 Å². The highest BCUT2D eigenvalue weighted by molar-refractivity contribution is 6.15. The number of rotatable bonds is 3. The first-order valence-electron chi connectivity index (χ1n) is 7.71. The lowest BCUT2D eigenvalue weighted by atomic mass is 10.1. The lowest BCUT2D eigenvalue weighted by molar-refractivity contribution is 0.0941. The predicted molar refractivity (Wildman–Crippen MR) is 92.0 cm³/mol. The fourth-order valence-electron chi connectivity index (χ4n) is 2.83. The van der Waals surface area contributed by atoms with Crippen LogP contribution in [0, 0.1) is 5.82 Å². The van der Waals surface area contributed by atoms with Gasteiger partial charge in [-0.3, -0.25) is 14.2 Å². The number of aromatic nitrogens is 1. The first kappa shape index (κ1) is 15.9. The molecule has 0 aliphatic carbocycles. The van der Waals surface area contributed by atoms with Gasteiger partial charge in [0.2, 0.25) is 5.91 Å². The number of amides is 1. The smallest absolute Gasteiger partial charge is 0.260 e. The summed E-state index contributed by atoms with van der Waals surface area (Å²) in [4.78, 5) is 26.5. The topological polar surface area (TPSA) is 42.3 Å². The summed E-state index contributed by atoms with van der Waals surface area (Å²) in [6, 6.07) is 13.3. The number of carbonyl (C=O) groups excluding carboxylic acids is 2. The summed E-state index contributed by atoms with van der Waals surface area (Å²) in [5.41, 5.74) is 1.59. The largest absolute Gasteiger partial charge is 0.309 e. The van der Waals surface area contributed by atoms with Crippen LogP contribution in [0.25, 0.3) is 10.9 Å². The monoisotopic (exact) mass is 324 g/mol. The van der Waals surface area contributed by atoms with E-state index in [0.717, 1.165) is 5.69 Å². The Morgan fingerprint density at radius 2 is 1.83 bits per heavy atom. The fraction of sp³-hybridized carbons (Fsp3) is 0.158. The van der Waals surface area contributed by atoms with Crippen LogP contribution in [0.2, 0.25) is 0 Å². The quantitative estimate of drug-likeness (QED) is 0.728. The molecule has 0 spiro atoms. The first-order chi connectivity index (χ1) is 11.5. The molecule has 5 heteroatoms. The maximum Gasteiger partial charge on any atom is 0.260 e. The minimum absolute atomic E-state index is 0.228. The molecule has 1 amide bonds. The number of carbonyl (C=O) groups is 2. The second-order valence-electron chi connectivity index (χ2n) is 5.48. The maximum atomic E-state index is 13.7. The number of benzene rings is 2. The van der Waals surface area contributed by atoms with Crippen molar-refractivity contribution in [2.24, 2.45) is 0 Å². The number of hydrogen-bond donors (Lipinski definition) is 0. The van der Waals surface area contributed by atoms with Gasteiger partial charge in [0, 0.05) is 30.7 Å². The third kappa shape index (κ3) is 2.69. The first-order valence-corrected chi connectivity index (χ1v) is 7.71. The van der Waals surface area contributed by atoms with Crippen LogP contribution < -0.4 is 4.90 Å². The third-order valence-electron chi connectivity index (χ3n) is 3.97. The number of anilines is 1. The molecule has 24 heavy (non-hydrogen) atoms. The molecule has 0 fully saturated rings. The molecule has 2 aromatic carbocycles. The van der Waals surface area contributed by atoms with Crippen LogP contribution in [-0.2, 0) is 0 Å². The van der Waals surface area contributed by atoms with E-state index in [-0.39, 0.29) is 11.8 Å². The molecular formula is C19H17FN2O2. The molecule has 0 saturated carbocycles. The molecular weight excluding hydrogens is 307 g/mol. The van der Waals surface area contributed by atoms with Crippen molar-refractivity contribution in [1.82, 2.24) is 4.57 Å². The number of hydrogen-bond acceptors (Lipinski definition) is 2. The van der Waals surface area contributed by atoms with Crippen molar-refractivity contribution in [3.8, 4) is 0 Å². The fourth-order valence-corrected chi connectivity index (χ4v) is 2.83. The Kier molecular flexibility index (Phi) is 4.16. The Morgan fingerprint density at radius 1 is 1.12 bits per heavy atom. The summed E-state index contributed by atoms with van der Waals surface area (Å²) in [5, 5.41) is 0.435. The van der Waals surface area contributed by atoms with Gasteiger partial charge in [-0.1, -0.05) is 18.2 Å². The van der Waals surface area contributed by atoms with Gasteiger partial charge in [-0.05, 0) is 37.3 Å². The summed E-state index contributed by atoms with van der Waals surface area (Å²) in [5.74, 6) is -0.937. The van der Waals surface area contributed by atoms with E-state index in [1.54, 1.807) is 4.90 Å². The van der Waals surface area contributed by atoms with E-state index in [1.807, 2.05) is 37.3 Å². The minimum Gasteiger partial charge on any atom is -0.309 e. The van der Waals surface area contributed by atoms with Gasteiger partial charge in [-0.2, -0.15) is 0 Å². The van der Waals surface area contributed by atoms with Gasteiger partial charge < -0.3 is 4.90 Å². The molecule has 1 aromatic heterocycles. The average molecular weight is 324 g/mol. The third-order valence-corrected chi connectivity index (χ3v) is 3.97. The summed E-state index contributed by atoms with van der Waals surface area (Å²) >= 11 is 0. The van der Waals surface area contributed by atoms with Crippen molar-refractivity contribution in [1.29, 1.82) is 0 Å². The molecule has 0 atom stereocenters. The summed E-state index contributed by atoms with van der Waals surface area (Å²) in [6.45, 7) is 3.74. The van der Waals surface area contributed by atoms with Gasteiger partial charge in [0.05, 0.1) is 11.1 Å². The van der Waals surface area contributed by atoms with Crippen LogP contribution in [0.3, 0.4) is 0 Å². The van der Waals surface area contributed by atoms with E-state index in [9.17, 15) is 14.0 Å². The molecule has 0 unspecified atom stereocenters. The Labute approximate surface area is 139 Å². The van der Waals surface area contributed by atoms with E-state index in [1.165, 1.54) is 35.9 Å². The lowest BCUT2D eigenvalue weighted by Gasteiger charge is -2.20. The minimum atomic E-state index is -0.444.